The van der Waals surface area contributed by atoms with E-state index in [0.717, 1.165) is 18.5 Å². The molecule has 3 amide bonds. The number of rotatable bonds is 4. The fourth-order valence-electron chi connectivity index (χ4n) is 2.80. The van der Waals surface area contributed by atoms with Crippen LogP contribution in [0.2, 0.25) is 0 Å². The van der Waals surface area contributed by atoms with Crippen molar-refractivity contribution in [2.24, 2.45) is 5.92 Å². The Morgan fingerprint density at radius 3 is 2.57 bits per heavy atom. The van der Waals surface area contributed by atoms with Crippen molar-refractivity contribution >= 4 is 23.4 Å². The van der Waals surface area contributed by atoms with Crippen molar-refractivity contribution in [3.63, 3.8) is 0 Å². The number of anilines is 1. The number of piperidine rings is 1. The lowest BCUT2D eigenvalue weighted by Crippen LogP contribution is -2.51. The van der Waals surface area contributed by atoms with E-state index in [1.165, 1.54) is 6.92 Å². The van der Waals surface area contributed by atoms with Crippen molar-refractivity contribution in [3.8, 4) is 0 Å². The zero-order chi connectivity index (χ0) is 16.8. The van der Waals surface area contributed by atoms with E-state index >= 15 is 0 Å². The molecular formula is C17H23N3O3. The van der Waals surface area contributed by atoms with Gasteiger partial charge >= 0.3 is 0 Å². The first-order valence-corrected chi connectivity index (χ1v) is 7.89. The molecule has 1 fully saturated rings. The third kappa shape index (κ3) is 4.81. The lowest BCUT2D eigenvalue weighted by molar-refractivity contribution is -0.138. The quantitative estimate of drug-likeness (QED) is 0.881. The second-order valence-corrected chi connectivity index (χ2v) is 5.90. The van der Waals surface area contributed by atoms with Gasteiger partial charge in [0.1, 0.15) is 6.04 Å². The zero-order valence-corrected chi connectivity index (χ0v) is 13.5. The Kier molecular flexibility index (Phi) is 5.73. The molecule has 124 valence electrons. The minimum Gasteiger partial charge on any atom is -0.345 e. The molecule has 23 heavy (non-hydrogen) atoms. The van der Waals surface area contributed by atoms with Gasteiger partial charge in [-0.05, 0) is 31.9 Å². The van der Waals surface area contributed by atoms with E-state index in [9.17, 15) is 14.4 Å². The summed E-state index contributed by atoms with van der Waals surface area (Å²) in [5, 5.41) is 5.48. The Hall–Kier alpha value is -2.37. The maximum Gasteiger partial charge on any atom is 0.244 e. The van der Waals surface area contributed by atoms with Crippen molar-refractivity contribution in [3.05, 3.63) is 30.3 Å². The second kappa shape index (κ2) is 7.76. The molecule has 0 aromatic heterocycles. The summed E-state index contributed by atoms with van der Waals surface area (Å²) in [7, 11) is 0. The number of carbonyl (C=O) groups is 3. The lowest BCUT2D eigenvalue weighted by atomic mass is 9.96. The number of hydrogen-bond acceptors (Lipinski definition) is 3. The van der Waals surface area contributed by atoms with Crippen LogP contribution in [0.3, 0.4) is 0 Å². The number of benzene rings is 1. The van der Waals surface area contributed by atoms with E-state index in [-0.39, 0.29) is 23.6 Å². The summed E-state index contributed by atoms with van der Waals surface area (Å²) in [5.74, 6) is -0.669. The van der Waals surface area contributed by atoms with E-state index in [4.69, 9.17) is 0 Å². The Bertz CT molecular complexity index is 574. The number of carbonyl (C=O) groups excluding carboxylic acids is 3. The van der Waals surface area contributed by atoms with Crippen LogP contribution in [0.1, 0.15) is 26.7 Å². The molecule has 1 heterocycles. The summed E-state index contributed by atoms with van der Waals surface area (Å²) in [6.45, 7) is 4.06. The zero-order valence-electron chi connectivity index (χ0n) is 13.5. The highest BCUT2D eigenvalue weighted by Crippen LogP contribution is 2.19. The third-order valence-electron chi connectivity index (χ3n) is 3.94. The largest absolute Gasteiger partial charge is 0.345 e. The SMILES string of the molecule is CC(=O)NC(C)C(=O)N1CCCC(C(=O)Nc2ccccc2)C1. The van der Waals surface area contributed by atoms with E-state index in [1.807, 2.05) is 30.3 Å². The standard InChI is InChI=1S/C17H23N3O3/c1-12(18-13(2)21)17(23)20-10-6-7-14(11-20)16(22)19-15-8-4-3-5-9-15/h3-5,8-9,12,14H,6-7,10-11H2,1-2H3,(H,18,21)(H,19,22). The smallest absolute Gasteiger partial charge is 0.244 e. The number of para-hydroxylation sites is 1. The van der Waals surface area contributed by atoms with Gasteiger partial charge in [-0.2, -0.15) is 0 Å². The van der Waals surface area contributed by atoms with Crippen molar-refractivity contribution < 1.29 is 14.4 Å². The van der Waals surface area contributed by atoms with Gasteiger partial charge in [0, 0.05) is 25.7 Å². The van der Waals surface area contributed by atoms with Crippen LogP contribution in [-0.4, -0.2) is 41.8 Å². The molecule has 2 atom stereocenters. The van der Waals surface area contributed by atoms with E-state index in [0.29, 0.717) is 13.1 Å². The average Bonchev–Trinajstić information content (AvgIpc) is 2.54. The monoisotopic (exact) mass is 317 g/mol. The summed E-state index contributed by atoms with van der Waals surface area (Å²) in [4.78, 5) is 37.4. The molecular weight excluding hydrogens is 294 g/mol. The molecule has 6 nitrogen and oxygen atoms in total. The molecule has 0 saturated carbocycles. The summed E-state index contributed by atoms with van der Waals surface area (Å²) in [5.41, 5.74) is 0.757. The average molecular weight is 317 g/mol. The normalized spacial score (nSPS) is 18.9. The molecule has 1 aromatic rings. The first-order valence-electron chi connectivity index (χ1n) is 7.89. The van der Waals surface area contributed by atoms with Crippen LogP contribution in [0.25, 0.3) is 0 Å². The number of hydrogen-bond donors (Lipinski definition) is 2. The van der Waals surface area contributed by atoms with Gasteiger partial charge in [-0.15, -0.1) is 0 Å². The first kappa shape index (κ1) is 17.0. The summed E-state index contributed by atoms with van der Waals surface area (Å²) < 4.78 is 0. The van der Waals surface area contributed by atoms with Gasteiger partial charge in [0.05, 0.1) is 5.92 Å². The minimum atomic E-state index is -0.566. The number of likely N-dealkylation sites (tertiary alicyclic amines) is 1. The van der Waals surface area contributed by atoms with Crippen LogP contribution in [0.5, 0.6) is 0 Å². The highest BCUT2D eigenvalue weighted by atomic mass is 16.2. The molecule has 1 aliphatic heterocycles. The van der Waals surface area contributed by atoms with Crippen molar-refractivity contribution in [2.45, 2.75) is 32.7 Å². The van der Waals surface area contributed by atoms with Gasteiger partial charge in [-0.25, -0.2) is 0 Å². The van der Waals surface area contributed by atoms with Crippen LogP contribution in [-0.2, 0) is 14.4 Å². The molecule has 0 bridgehead atoms. The number of amides is 3. The van der Waals surface area contributed by atoms with Gasteiger partial charge in [-0.1, -0.05) is 18.2 Å². The Labute approximate surface area is 136 Å². The van der Waals surface area contributed by atoms with Gasteiger partial charge in [0.15, 0.2) is 0 Å². The molecule has 2 rings (SSSR count). The third-order valence-corrected chi connectivity index (χ3v) is 3.94. The second-order valence-electron chi connectivity index (χ2n) is 5.90. The Morgan fingerprint density at radius 2 is 1.91 bits per heavy atom. The number of nitrogens with one attached hydrogen (secondary N) is 2. The van der Waals surface area contributed by atoms with Crippen LogP contribution in [0.4, 0.5) is 5.69 Å². The van der Waals surface area contributed by atoms with E-state index in [2.05, 4.69) is 10.6 Å². The molecule has 2 N–H and O–H groups in total. The van der Waals surface area contributed by atoms with Crippen molar-refractivity contribution in [1.82, 2.24) is 10.2 Å². The van der Waals surface area contributed by atoms with E-state index in [1.54, 1.807) is 11.8 Å². The fraction of sp³-hybridized carbons (Fsp3) is 0.471. The molecule has 1 saturated heterocycles. The lowest BCUT2D eigenvalue weighted by Gasteiger charge is -2.33. The van der Waals surface area contributed by atoms with Crippen LogP contribution in [0.15, 0.2) is 30.3 Å². The highest BCUT2D eigenvalue weighted by molar-refractivity contribution is 5.93. The van der Waals surface area contributed by atoms with Gasteiger partial charge in [0.25, 0.3) is 0 Å². The van der Waals surface area contributed by atoms with Crippen LogP contribution < -0.4 is 10.6 Å². The van der Waals surface area contributed by atoms with Gasteiger partial charge < -0.3 is 15.5 Å². The maximum absolute atomic E-state index is 12.4. The van der Waals surface area contributed by atoms with Gasteiger partial charge in [-0.3, -0.25) is 14.4 Å². The van der Waals surface area contributed by atoms with Crippen LogP contribution in [0, 0.1) is 5.92 Å². The Balaban J connectivity index is 1.93. The van der Waals surface area contributed by atoms with E-state index < -0.39 is 6.04 Å². The van der Waals surface area contributed by atoms with Crippen LogP contribution >= 0.6 is 0 Å². The topological polar surface area (TPSA) is 78.5 Å². The predicted molar refractivity (Wildman–Crippen MR) is 87.7 cm³/mol. The molecule has 0 aliphatic carbocycles. The number of nitrogens with zero attached hydrogens (tertiary/aromatic N) is 1. The van der Waals surface area contributed by atoms with Gasteiger partial charge in [0.2, 0.25) is 17.7 Å². The highest BCUT2D eigenvalue weighted by Gasteiger charge is 2.30. The molecule has 0 radical (unpaired) electrons. The molecule has 1 aromatic carbocycles. The minimum absolute atomic E-state index is 0.0686. The summed E-state index contributed by atoms with van der Waals surface area (Å²) in [6.07, 6.45) is 1.54. The molecule has 6 heteroatoms. The maximum atomic E-state index is 12.4. The van der Waals surface area contributed by atoms with Crippen molar-refractivity contribution in [1.29, 1.82) is 0 Å². The first-order chi connectivity index (χ1) is 11.0. The molecule has 2 unspecified atom stereocenters. The van der Waals surface area contributed by atoms with Crippen molar-refractivity contribution in [2.75, 3.05) is 18.4 Å². The molecule has 1 aliphatic rings. The molecule has 0 spiro atoms. The fourth-order valence-corrected chi connectivity index (χ4v) is 2.80. The summed E-state index contributed by atoms with van der Waals surface area (Å²) >= 11 is 0. The summed E-state index contributed by atoms with van der Waals surface area (Å²) in [6, 6.07) is 8.72. The Morgan fingerprint density at radius 1 is 1.22 bits per heavy atom. The predicted octanol–water partition coefficient (Wildman–Crippen LogP) is 1.39.